The fourth-order valence-corrected chi connectivity index (χ4v) is 1.35. The molecule has 0 aliphatic heterocycles. The molecule has 3 nitrogen and oxygen atoms in total. The minimum Gasteiger partial charge on any atom is -0.362 e. The zero-order chi connectivity index (χ0) is 12.9. The van der Waals surface area contributed by atoms with Gasteiger partial charge in [-0.25, -0.2) is 0 Å². The minimum atomic E-state index is -4.41. The molecule has 1 amide bonds. The van der Waals surface area contributed by atoms with Gasteiger partial charge in [0.2, 0.25) is 5.91 Å². The second-order valence-corrected chi connectivity index (χ2v) is 4.41. The lowest BCUT2D eigenvalue weighted by molar-refractivity contribution is -0.174. The van der Waals surface area contributed by atoms with Gasteiger partial charge in [-0.05, 0) is 46.9 Å². The van der Waals surface area contributed by atoms with E-state index >= 15 is 0 Å². The van der Waals surface area contributed by atoms with Crippen LogP contribution in [0.1, 0.15) is 0 Å². The summed E-state index contributed by atoms with van der Waals surface area (Å²) in [5.41, 5.74) is 0.519. The number of anilines is 1. The molecular formula is C10H9F3INO2. The van der Waals surface area contributed by atoms with E-state index in [2.05, 4.69) is 32.6 Å². The first-order chi connectivity index (χ1) is 7.87. The van der Waals surface area contributed by atoms with Crippen LogP contribution < -0.4 is 5.32 Å². The fourth-order valence-electron chi connectivity index (χ4n) is 0.990. The van der Waals surface area contributed by atoms with Crippen LogP contribution in [0.3, 0.4) is 0 Å². The van der Waals surface area contributed by atoms with Gasteiger partial charge >= 0.3 is 6.18 Å². The van der Waals surface area contributed by atoms with Crippen molar-refractivity contribution in [2.24, 2.45) is 0 Å². The van der Waals surface area contributed by atoms with Gasteiger partial charge in [-0.15, -0.1) is 0 Å². The van der Waals surface area contributed by atoms with Crippen molar-refractivity contribution in [3.05, 3.63) is 27.8 Å². The molecule has 0 aromatic heterocycles. The molecule has 1 rings (SSSR count). The van der Waals surface area contributed by atoms with Crippen molar-refractivity contribution in [3.63, 3.8) is 0 Å². The molecule has 0 fully saturated rings. The molecule has 0 saturated heterocycles. The Kier molecular flexibility index (Phi) is 5.19. The number of hydrogen-bond donors (Lipinski definition) is 1. The molecule has 0 aliphatic rings. The maximum atomic E-state index is 11.7. The summed E-state index contributed by atoms with van der Waals surface area (Å²) in [4.78, 5) is 11.2. The Labute approximate surface area is 109 Å². The van der Waals surface area contributed by atoms with Crippen LogP contribution in [0, 0.1) is 3.57 Å². The van der Waals surface area contributed by atoms with E-state index < -0.39 is 25.3 Å². The average molecular weight is 359 g/mol. The van der Waals surface area contributed by atoms with Crippen LogP contribution in [0.5, 0.6) is 0 Å². The second-order valence-electron chi connectivity index (χ2n) is 3.16. The number of carbonyl (C=O) groups excluding carboxylic acids is 1. The van der Waals surface area contributed by atoms with Gasteiger partial charge in [0, 0.05) is 9.26 Å². The molecule has 0 saturated carbocycles. The van der Waals surface area contributed by atoms with Gasteiger partial charge in [-0.2, -0.15) is 13.2 Å². The molecule has 0 aliphatic carbocycles. The van der Waals surface area contributed by atoms with Gasteiger partial charge in [0.05, 0.1) is 0 Å². The van der Waals surface area contributed by atoms with E-state index in [0.29, 0.717) is 5.69 Å². The maximum Gasteiger partial charge on any atom is 0.411 e. The molecule has 94 valence electrons. The lowest BCUT2D eigenvalue weighted by Gasteiger charge is -2.08. The van der Waals surface area contributed by atoms with Gasteiger partial charge in [0.25, 0.3) is 0 Å². The van der Waals surface area contributed by atoms with E-state index in [-0.39, 0.29) is 0 Å². The molecule has 0 heterocycles. The summed E-state index contributed by atoms with van der Waals surface area (Å²) in [7, 11) is 0. The standard InChI is InChI=1S/C10H9F3INO2/c11-10(12,13)6-17-5-9(16)15-8-3-1-7(14)2-4-8/h1-4H,5-6H2,(H,15,16). The number of alkyl halides is 3. The zero-order valence-corrected chi connectivity index (χ0v) is 10.7. The number of rotatable bonds is 4. The first-order valence-electron chi connectivity index (χ1n) is 4.57. The van der Waals surface area contributed by atoms with Crippen molar-refractivity contribution >= 4 is 34.2 Å². The van der Waals surface area contributed by atoms with E-state index in [1.807, 2.05) is 0 Å². The normalized spacial score (nSPS) is 11.3. The first kappa shape index (κ1) is 14.2. The summed E-state index contributed by atoms with van der Waals surface area (Å²) in [6.07, 6.45) is -4.41. The second kappa shape index (κ2) is 6.20. The molecule has 1 aromatic carbocycles. The van der Waals surface area contributed by atoms with Crippen LogP contribution in [0.4, 0.5) is 18.9 Å². The summed E-state index contributed by atoms with van der Waals surface area (Å²) < 4.78 is 40.4. The number of carbonyl (C=O) groups is 1. The quantitative estimate of drug-likeness (QED) is 0.840. The highest BCUT2D eigenvalue weighted by atomic mass is 127. The predicted molar refractivity (Wildman–Crippen MR) is 64.7 cm³/mol. The van der Waals surface area contributed by atoms with E-state index in [0.717, 1.165) is 3.57 Å². The highest BCUT2D eigenvalue weighted by Gasteiger charge is 2.27. The van der Waals surface area contributed by atoms with Crippen LogP contribution in [-0.4, -0.2) is 25.3 Å². The highest BCUT2D eigenvalue weighted by molar-refractivity contribution is 14.1. The smallest absolute Gasteiger partial charge is 0.362 e. The Balaban J connectivity index is 2.32. The molecule has 0 radical (unpaired) electrons. The molecule has 1 N–H and O–H groups in total. The highest BCUT2D eigenvalue weighted by Crippen LogP contribution is 2.14. The number of nitrogens with one attached hydrogen (secondary N) is 1. The Hall–Kier alpha value is -0.830. The monoisotopic (exact) mass is 359 g/mol. The van der Waals surface area contributed by atoms with E-state index in [1.165, 1.54) is 0 Å². The molecule has 0 atom stereocenters. The topological polar surface area (TPSA) is 38.3 Å². The van der Waals surface area contributed by atoms with Crippen LogP contribution in [-0.2, 0) is 9.53 Å². The van der Waals surface area contributed by atoms with Gasteiger partial charge in [-0.1, -0.05) is 0 Å². The fraction of sp³-hybridized carbons (Fsp3) is 0.300. The largest absolute Gasteiger partial charge is 0.411 e. The van der Waals surface area contributed by atoms with E-state index in [4.69, 9.17) is 0 Å². The number of halogens is 4. The third-order valence-electron chi connectivity index (χ3n) is 1.63. The van der Waals surface area contributed by atoms with Crippen molar-refractivity contribution in [2.45, 2.75) is 6.18 Å². The first-order valence-corrected chi connectivity index (χ1v) is 5.64. The van der Waals surface area contributed by atoms with Crippen molar-refractivity contribution < 1.29 is 22.7 Å². The van der Waals surface area contributed by atoms with Crippen LogP contribution in [0.2, 0.25) is 0 Å². The number of amides is 1. The van der Waals surface area contributed by atoms with Crippen LogP contribution in [0.25, 0.3) is 0 Å². The number of benzene rings is 1. The van der Waals surface area contributed by atoms with Crippen LogP contribution >= 0.6 is 22.6 Å². The third-order valence-corrected chi connectivity index (χ3v) is 2.35. The van der Waals surface area contributed by atoms with Gasteiger partial charge in [0.15, 0.2) is 0 Å². The molecule has 0 unspecified atom stereocenters. The van der Waals surface area contributed by atoms with Crippen molar-refractivity contribution in [1.29, 1.82) is 0 Å². The number of ether oxygens (including phenoxy) is 1. The Morgan fingerprint density at radius 3 is 2.41 bits per heavy atom. The minimum absolute atomic E-state index is 0.519. The van der Waals surface area contributed by atoms with E-state index in [1.54, 1.807) is 24.3 Å². The summed E-state index contributed by atoms with van der Waals surface area (Å²) in [5, 5.41) is 2.42. The molecule has 1 aromatic rings. The molecule has 7 heteroatoms. The summed E-state index contributed by atoms with van der Waals surface area (Å²) in [5.74, 6) is -0.615. The van der Waals surface area contributed by atoms with E-state index in [9.17, 15) is 18.0 Å². The zero-order valence-electron chi connectivity index (χ0n) is 8.55. The van der Waals surface area contributed by atoms with Gasteiger partial charge < -0.3 is 10.1 Å². The number of hydrogen-bond acceptors (Lipinski definition) is 2. The third kappa shape index (κ3) is 6.47. The molecule has 0 bridgehead atoms. The summed E-state index contributed by atoms with van der Waals surface area (Å²) >= 11 is 2.10. The van der Waals surface area contributed by atoms with Gasteiger partial charge in [-0.3, -0.25) is 4.79 Å². The Bertz CT molecular complexity index is 378. The van der Waals surface area contributed by atoms with Crippen molar-refractivity contribution in [1.82, 2.24) is 0 Å². The predicted octanol–water partition coefficient (Wildman–Crippen LogP) is 2.81. The molecule has 17 heavy (non-hydrogen) atoms. The summed E-state index contributed by atoms with van der Waals surface area (Å²) in [6.45, 7) is -2.04. The molecule has 0 spiro atoms. The maximum absolute atomic E-state index is 11.7. The SMILES string of the molecule is O=C(COCC(F)(F)F)Nc1ccc(I)cc1. The Morgan fingerprint density at radius 2 is 1.88 bits per heavy atom. The van der Waals surface area contributed by atoms with Crippen molar-refractivity contribution in [3.8, 4) is 0 Å². The lowest BCUT2D eigenvalue weighted by atomic mass is 10.3. The Morgan fingerprint density at radius 1 is 1.29 bits per heavy atom. The van der Waals surface area contributed by atoms with Crippen molar-refractivity contribution in [2.75, 3.05) is 18.5 Å². The average Bonchev–Trinajstić information content (AvgIpc) is 2.19. The molecular weight excluding hydrogens is 350 g/mol. The summed E-state index contributed by atoms with van der Waals surface area (Å²) in [6, 6.07) is 6.85. The lowest BCUT2D eigenvalue weighted by Crippen LogP contribution is -2.23. The van der Waals surface area contributed by atoms with Crippen LogP contribution in [0.15, 0.2) is 24.3 Å². The van der Waals surface area contributed by atoms with Gasteiger partial charge in [0.1, 0.15) is 13.2 Å².